The Balaban J connectivity index is 1.99. The fraction of sp³-hybridized carbons (Fsp3) is 0.125. The molecule has 0 saturated heterocycles. The molecule has 0 radical (unpaired) electrons. The molecule has 2 aromatic heterocycles. The Morgan fingerprint density at radius 3 is 2.70 bits per heavy atom. The number of nitrogens with one attached hydrogen (secondary N) is 1. The van der Waals surface area contributed by atoms with Crippen LogP contribution in [0.3, 0.4) is 0 Å². The highest BCUT2D eigenvalue weighted by atomic mass is 15.2. The van der Waals surface area contributed by atoms with Crippen molar-refractivity contribution in [1.82, 2.24) is 15.4 Å². The number of hydrazine groups is 1. The van der Waals surface area contributed by atoms with Gasteiger partial charge < -0.3 is 0 Å². The number of nitrogens with two attached hydrogens (primary N) is 1. The van der Waals surface area contributed by atoms with E-state index in [1.165, 1.54) is 10.9 Å². The second-order valence-corrected chi connectivity index (χ2v) is 4.73. The van der Waals surface area contributed by atoms with Crippen LogP contribution in [0.2, 0.25) is 0 Å². The van der Waals surface area contributed by atoms with E-state index in [4.69, 9.17) is 5.84 Å². The number of fused-ring (bicyclic) bond motifs is 1. The molecule has 1 atom stereocenters. The molecule has 3 aromatic rings. The van der Waals surface area contributed by atoms with Crippen LogP contribution < -0.4 is 11.3 Å². The van der Waals surface area contributed by atoms with Crippen molar-refractivity contribution in [2.24, 2.45) is 5.84 Å². The smallest absolute Gasteiger partial charge is 0.0507 e. The van der Waals surface area contributed by atoms with Crippen molar-refractivity contribution in [1.29, 1.82) is 0 Å². The summed E-state index contributed by atoms with van der Waals surface area (Å²) in [5.74, 6) is 5.76. The van der Waals surface area contributed by atoms with Crippen molar-refractivity contribution in [3.63, 3.8) is 0 Å². The summed E-state index contributed by atoms with van der Waals surface area (Å²) in [6.45, 7) is 0. The maximum atomic E-state index is 5.76. The van der Waals surface area contributed by atoms with E-state index in [-0.39, 0.29) is 6.04 Å². The lowest BCUT2D eigenvalue weighted by Crippen LogP contribution is -2.29. The van der Waals surface area contributed by atoms with Gasteiger partial charge in [-0.3, -0.25) is 21.2 Å². The number of hydrogen-bond acceptors (Lipinski definition) is 4. The molecule has 1 aromatic carbocycles. The van der Waals surface area contributed by atoms with E-state index in [1.807, 2.05) is 36.8 Å². The van der Waals surface area contributed by atoms with Gasteiger partial charge in [-0.1, -0.05) is 24.3 Å². The van der Waals surface area contributed by atoms with Gasteiger partial charge in [0.2, 0.25) is 0 Å². The van der Waals surface area contributed by atoms with Crippen LogP contribution in [0.4, 0.5) is 0 Å². The van der Waals surface area contributed by atoms with E-state index in [1.54, 1.807) is 6.20 Å². The molecule has 100 valence electrons. The maximum absolute atomic E-state index is 5.76. The summed E-state index contributed by atoms with van der Waals surface area (Å²) in [5.41, 5.74) is 5.24. The number of nitrogens with zero attached hydrogens (tertiary/aromatic N) is 2. The van der Waals surface area contributed by atoms with Crippen LogP contribution in [0.5, 0.6) is 0 Å². The number of hydrogen-bond donors (Lipinski definition) is 2. The summed E-state index contributed by atoms with van der Waals surface area (Å²) in [6, 6.07) is 12.3. The summed E-state index contributed by atoms with van der Waals surface area (Å²) in [7, 11) is 0. The van der Waals surface area contributed by atoms with Gasteiger partial charge in [-0.05, 0) is 35.1 Å². The standard InChI is InChI=1S/C16H16N4/c17-20-16(9-12-3-2-7-18-10-12)15-5-1-4-13-11-19-8-6-14(13)15/h1-8,10-11,16,20H,9,17H2. The third kappa shape index (κ3) is 2.52. The first kappa shape index (κ1) is 12.7. The molecule has 0 aliphatic rings. The van der Waals surface area contributed by atoms with E-state index in [9.17, 15) is 0 Å². The fourth-order valence-corrected chi connectivity index (χ4v) is 2.46. The summed E-state index contributed by atoms with van der Waals surface area (Å²) in [6.07, 6.45) is 8.13. The average molecular weight is 264 g/mol. The van der Waals surface area contributed by atoms with E-state index >= 15 is 0 Å². The Morgan fingerprint density at radius 2 is 1.90 bits per heavy atom. The number of rotatable bonds is 4. The minimum Gasteiger partial charge on any atom is -0.271 e. The summed E-state index contributed by atoms with van der Waals surface area (Å²) >= 11 is 0. The minimum absolute atomic E-state index is 0.0466. The van der Waals surface area contributed by atoms with Crippen molar-refractivity contribution >= 4 is 10.8 Å². The molecule has 3 rings (SSSR count). The minimum atomic E-state index is 0.0466. The number of pyridine rings is 2. The van der Waals surface area contributed by atoms with Crippen LogP contribution >= 0.6 is 0 Å². The van der Waals surface area contributed by atoms with E-state index in [2.05, 4.69) is 33.6 Å². The normalized spacial score (nSPS) is 12.4. The van der Waals surface area contributed by atoms with Gasteiger partial charge in [0.15, 0.2) is 0 Å². The molecular weight excluding hydrogens is 248 g/mol. The van der Waals surface area contributed by atoms with Crippen LogP contribution in [0.25, 0.3) is 10.8 Å². The molecule has 0 spiro atoms. The Bertz CT molecular complexity index is 692. The highest BCUT2D eigenvalue weighted by molar-refractivity contribution is 5.85. The third-order valence-electron chi connectivity index (χ3n) is 3.45. The molecular formula is C16H16N4. The van der Waals surface area contributed by atoms with Gasteiger partial charge in [0.05, 0.1) is 6.04 Å². The van der Waals surface area contributed by atoms with E-state index in [0.29, 0.717) is 0 Å². The third-order valence-corrected chi connectivity index (χ3v) is 3.45. The monoisotopic (exact) mass is 264 g/mol. The van der Waals surface area contributed by atoms with Crippen LogP contribution in [-0.2, 0) is 6.42 Å². The molecule has 20 heavy (non-hydrogen) atoms. The lowest BCUT2D eigenvalue weighted by Gasteiger charge is -2.18. The molecule has 4 heteroatoms. The summed E-state index contributed by atoms with van der Waals surface area (Å²) < 4.78 is 0. The van der Waals surface area contributed by atoms with Crippen LogP contribution in [0.15, 0.2) is 61.2 Å². The predicted octanol–water partition coefficient (Wildman–Crippen LogP) is 2.38. The van der Waals surface area contributed by atoms with Gasteiger partial charge in [0, 0.05) is 30.2 Å². The maximum Gasteiger partial charge on any atom is 0.0507 e. The fourth-order valence-electron chi connectivity index (χ4n) is 2.46. The van der Waals surface area contributed by atoms with Crippen LogP contribution in [0.1, 0.15) is 17.2 Å². The van der Waals surface area contributed by atoms with Gasteiger partial charge in [-0.25, -0.2) is 0 Å². The first-order valence-corrected chi connectivity index (χ1v) is 6.56. The van der Waals surface area contributed by atoms with Gasteiger partial charge in [0.25, 0.3) is 0 Å². The van der Waals surface area contributed by atoms with Crippen molar-refractivity contribution in [3.8, 4) is 0 Å². The number of benzene rings is 1. The molecule has 0 amide bonds. The molecule has 0 aliphatic heterocycles. The van der Waals surface area contributed by atoms with Crippen molar-refractivity contribution in [2.45, 2.75) is 12.5 Å². The highest BCUT2D eigenvalue weighted by Crippen LogP contribution is 2.25. The van der Waals surface area contributed by atoms with E-state index in [0.717, 1.165) is 17.4 Å². The second kappa shape index (κ2) is 5.77. The first-order valence-electron chi connectivity index (χ1n) is 6.56. The Kier molecular flexibility index (Phi) is 3.67. The molecule has 4 nitrogen and oxygen atoms in total. The lowest BCUT2D eigenvalue weighted by atomic mass is 9.96. The molecule has 0 fully saturated rings. The first-order chi connectivity index (χ1) is 9.88. The summed E-state index contributed by atoms with van der Waals surface area (Å²) in [5, 5.41) is 2.30. The topological polar surface area (TPSA) is 63.8 Å². The van der Waals surface area contributed by atoms with Crippen molar-refractivity contribution < 1.29 is 0 Å². The van der Waals surface area contributed by atoms with Gasteiger partial charge in [0.1, 0.15) is 0 Å². The zero-order valence-electron chi connectivity index (χ0n) is 11.0. The van der Waals surface area contributed by atoms with Gasteiger partial charge in [-0.2, -0.15) is 0 Å². The quantitative estimate of drug-likeness (QED) is 0.561. The molecule has 0 aliphatic carbocycles. The zero-order valence-corrected chi connectivity index (χ0v) is 11.0. The SMILES string of the molecule is NNC(Cc1cccnc1)c1cccc2cnccc12. The molecule has 3 N–H and O–H groups in total. The highest BCUT2D eigenvalue weighted by Gasteiger charge is 2.13. The second-order valence-electron chi connectivity index (χ2n) is 4.73. The van der Waals surface area contributed by atoms with Crippen molar-refractivity contribution in [2.75, 3.05) is 0 Å². The molecule has 2 heterocycles. The molecule has 0 bridgehead atoms. The zero-order chi connectivity index (χ0) is 13.8. The number of aromatic nitrogens is 2. The molecule has 1 unspecified atom stereocenters. The Morgan fingerprint density at radius 1 is 1.00 bits per heavy atom. The Hall–Kier alpha value is -2.30. The van der Waals surface area contributed by atoms with Crippen LogP contribution in [-0.4, -0.2) is 9.97 Å². The van der Waals surface area contributed by atoms with Gasteiger partial charge in [-0.15, -0.1) is 0 Å². The summed E-state index contributed by atoms with van der Waals surface area (Å²) in [4.78, 5) is 8.31. The molecule has 0 saturated carbocycles. The predicted molar refractivity (Wildman–Crippen MR) is 79.7 cm³/mol. The van der Waals surface area contributed by atoms with Crippen LogP contribution in [0, 0.1) is 0 Å². The average Bonchev–Trinajstić information content (AvgIpc) is 2.53. The van der Waals surface area contributed by atoms with E-state index < -0.39 is 0 Å². The largest absolute Gasteiger partial charge is 0.271 e. The van der Waals surface area contributed by atoms with Crippen molar-refractivity contribution in [3.05, 3.63) is 72.3 Å². The van der Waals surface area contributed by atoms with Gasteiger partial charge >= 0.3 is 0 Å². The lowest BCUT2D eigenvalue weighted by molar-refractivity contribution is 0.555. The Labute approximate surface area is 117 Å².